The normalized spacial score (nSPS) is 10.6. The fourth-order valence-electron chi connectivity index (χ4n) is 2.20. The number of hydrazine groups is 1. The SMILES string of the molecule is Cc1ccc2c(Cl)cc(Cl)c(OCC(=O)NNC(=O)c3cccs3)c2n1. The molecule has 26 heavy (non-hydrogen) atoms. The molecule has 0 fully saturated rings. The largest absolute Gasteiger partial charge is 0.480 e. The molecular formula is C17H13Cl2N3O3S. The Morgan fingerprint density at radius 2 is 2.00 bits per heavy atom. The maximum Gasteiger partial charge on any atom is 0.279 e. The minimum absolute atomic E-state index is 0.246. The zero-order chi connectivity index (χ0) is 18.7. The first-order valence-electron chi connectivity index (χ1n) is 7.46. The maximum atomic E-state index is 11.9. The lowest BCUT2D eigenvalue weighted by molar-refractivity contribution is -0.123. The molecule has 2 amide bonds. The van der Waals surface area contributed by atoms with Gasteiger partial charge in [0.05, 0.1) is 14.9 Å². The predicted molar refractivity (Wildman–Crippen MR) is 102 cm³/mol. The summed E-state index contributed by atoms with van der Waals surface area (Å²) in [7, 11) is 0. The number of thiophene rings is 1. The van der Waals surface area contributed by atoms with E-state index in [1.165, 1.54) is 17.4 Å². The summed E-state index contributed by atoms with van der Waals surface area (Å²) in [6.45, 7) is 1.47. The van der Waals surface area contributed by atoms with E-state index in [1.807, 2.05) is 19.1 Å². The van der Waals surface area contributed by atoms with Crippen LogP contribution in [0.3, 0.4) is 0 Å². The molecule has 0 atom stereocenters. The summed E-state index contributed by atoms with van der Waals surface area (Å²) >= 11 is 13.6. The fourth-order valence-corrected chi connectivity index (χ4v) is 3.39. The Kier molecular flexibility index (Phi) is 5.61. The Bertz CT molecular complexity index is 977. The van der Waals surface area contributed by atoms with Crippen LogP contribution in [-0.2, 0) is 4.79 Å². The number of fused-ring (bicyclic) bond motifs is 1. The van der Waals surface area contributed by atoms with Crippen LogP contribution >= 0.6 is 34.5 Å². The first-order valence-corrected chi connectivity index (χ1v) is 9.10. The molecule has 0 aliphatic rings. The van der Waals surface area contributed by atoms with Crippen LogP contribution in [0.4, 0.5) is 0 Å². The standard InChI is InChI=1S/C17H13Cl2N3O3S/c1-9-4-5-10-11(18)7-12(19)16(15(10)20-9)25-8-14(23)21-22-17(24)13-3-2-6-26-13/h2-7H,8H2,1H3,(H,21,23)(H,22,24). The average molecular weight is 410 g/mol. The Morgan fingerprint density at radius 3 is 2.73 bits per heavy atom. The van der Waals surface area contributed by atoms with Crippen molar-refractivity contribution in [1.29, 1.82) is 0 Å². The number of aromatic nitrogens is 1. The van der Waals surface area contributed by atoms with Crippen molar-refractivity contribution in [2.24, 2.45) is 0 Å². The molecule has 0 unspecified atom stereocenters. The van der Waals surface area contributed by atoms with E-state index in [9.17, 15) is 9.59 Å². The molecule has 2 heterocycles. The van der Waals surface area contributed by atoms with Gasteiger partial charge in [-0.1, -0.05) is 29.3 Å². The third kappa shape index (κ3) is 4.07. The number of hydrogen-bond donors (Lipinski definition) is 2. The van der Waals surface area contributed by atoms with Crippen molar-refractivity contribution in [3.05, 3.63) is 56.3 Å². The summed E-state index contributed by atoms with van der Waals surface area (Å²) < 4.78 is 5.53. The molecule has 3 aromatic rings. The van der Waals surface area contributed by atoms with Gasteiger partial charge in [0.25, 0.3) is 11.8 Å². The molecule has 0 spiro atoms. The van der Waals surface area contributed by atoms with E-state index in [-0.39, 0.29) is 17.4 Å². The van der Waals surface area contributed by atoms with Crippen LogP contribution in [0.25, 0.3) is 10.9 Å². The van der Waals surface area contributed by atoms with Crippen LogP contribution in [0, 0.1) is 6.92 Å². The molecule has 0 aliphatic carbocycles. The molecule has 0 aliphatic heterocycles. The first-order chi connectivity index (χ1) is 12.5. The van der Waals surface area contributed by atoms with Crippen molar-refractivity contribution in [2.45, 2.75) is 6.92 Å². The van der Waals surface area contributed by atoms with Crippen LogP contribution in [0.2, 0.25) is 10.0 Å². The van der Waals surface area contributed by atoms with Gasteiger partial charge in [0, 0.05) is 11.1 Å². The fraction of sp³-hybridized carbons (Fsp3) is 0.118. The van der Waals surface area contributed by atoms with E-state index >= 15 is 0 Å². The summed E-state index contributed by atoms with van der Waals surface area (Å²) in [5.41, 5.74) is 5.83. The van der Waals surface area contributed by atoms with Crippen LogP contribution in [0.1, 0.15) is 15.4 Å². The number of halogens is 2. The number of pyridine rings is 1. The number of rotatable bonds is 4. The van der Waals surface area contributed by atoms with Gasteiger partial charge in [-0.05, 0) is 36.6 Å². The highest BCUT2D eigenvalue weighted by atomic mass is 35.5. The average Bonchev–Trinajstić information content (AvgIpc) is 3.13. The number of amides is 2. The maximum absolute atomic E-state index is 11.9. The number of benzene rings is 1. The lowest BCUT2D eigenvalue weighted by Crippen LogP contribution is -2.43. The molecule has 2 N–H and O–H groups in total. The Morgan fingerprint density at radius 1 is 1.19 bits per heavy atom. The molecule has 134 valence electrons. The summed E-state index contributed by atoms with van der Waals surface area (Å²) in [4.78, 5) is 28.6. The van der Waals surface area contributed by atoms with Crippen molar-refractivity contribution < 1.29 is 14.3 Å². The molecule has 3 rings (SSSR count). The van der Waals surface area contributed by atoms with Crippen LogP contribution < -0.4 is 15.6 Å². The van der Waals surface area contributed by atoms with Gasteiger partial charge in [-0.15, -0.1) is 11.3 Å². The number of hydrogen-bond acceptors (Lipinski definition) is 5. The van der Waals surface area contributed by atoms with Crippen molar-refractivity contribution >= 4 is 57.3 Å². The topological polar surface area (TPSA) is 80.3 Å². The van der Waals surface area contributed by atoms with Gasteiger partial charge in [-0.25, -0.2) is 4.98 Å². The number of nitrogens with one attached hydrogen (secondary N) is 2. The number of ether oxygens (including phenoxy) is 1. The van der Waals surface area contributed by atoms with Crippen LogP contribution in [0.15, 0.2) is 35.7 Å². The van der Waals surface area contributed by atoms with Crippen molar-refractivity contribution in [3.8, 4) is 5.75 Å². The lowest BCUT2D eigenvalue weighted by atomic mass is 10.2. The van der Waals surface area contributed by atoms with Crippen molar-refractivity contribution in [3.63, 3.8) is 0 Å². The Balaban J connectivity index is 1.68. The Labute approximate surface area is 163 Å². The minimum atomic E-state index is -0.540. The van der Waals surface area contributed by atoms with Gasteiger partial charge in [-0.2, -0.15) is 0 Å². The molecule has 0 bridgehead atoms. The van der Waals surface area contributed by atoms with Gasteiger partial charge in [0.15, 0.2) is 12.4 Å². The lowest BCUT2D eigenvalue weighted by Gasteiger charge is -2.12. The molecule has 2 aromatic heterocycles. The van der Waals surface area contributed by atoms with Gasteiger partial charge < -0.3 is 4.74 Å². The second-order valence-corrected chi connectivity index (χ2v) is 7.05. The smallest absolute Gasteiger partial charge is 0.279 e. The highest BCUT2D eigenvalue weighted by molar-refractivity contribution is 7.12. The molecular weight excluding hydrogens is 397 g/mol. The quantitative estimate of drug-likeness (QED) is 0.642. The third-order valence-electron chi connectivity index (χ3n) is 3.39. The second-order valence-electron chi connectivity index (χ2n) is 5.29. The van der Waals surface area contributed by atoms with Crippen molar-refractivity contribution in [2.75, 3.05) is 6.61 Å². The molecule has 9 heteroatoms. The summed E-state index contributed by atoms with van der Waals surface area (Å²) in [6.07, 6.45) is 0. The summed E-state index contributed by atoms with van der Waals surface area (Å²) in [5, 5.41) is 3.12. The van der Waals surface area contributed by atoms with Gasteiger partial charge in [-0.3, -0.25) is 20.4 Å². The van der Waals surface area contributed by atoms with Crippen LogP contribution in [0.5, 0.6) is 5.75 Å². The zero-order valence-corrected chi connectivity index (χ0v) is 15.8. The monoisotopic (exact) mass is 409 g/mol. The second kappa shape index (κ2) is 7.90. The molecule has 0 saturated carbocycles. The van der Waals surface area contributed by atoms with E-state index < -0.39 is 11.8 Å². The van der Waals surface area contributed by atoms with Gasteiger partial charge in [0.2, 0.25) is 0 Å². The van der Waals surface area contributed by atoms with E-state index in [2.05, 4.69) is 15.8 Å². The highest BCUT2D eigenvalue weighted by Gasteiger charge is 2.15. The summed E-state index contributed by atoms with van der Waals surface area (Å²) in [6, 6.07) is 8.56. The van der Waals surface area contributed by atoms with E-state index in [1.54, 1.807) is 17.5 Å². The zero-order valence-electron chi connectivity index (χ0n) is 13.5. The number of carbonyl (C=O) groups excluding carboxylic acids is 2. The molecule has 6 nitrogen and oxygen atoms in total. The highest BCUT2D eigenvalue weighted by Crippen LogP contribution is 2.37. The molecule has 1 aromatic carbocycles. The van der Waals surface area contributed by atoms with Crippen molar-refractivity contribution in [1.82, 2.24) is 15.8 Å². The van der Waals surface area contributed by atoms with Crippen LogP contribution in [-0.4, -0.2) is 23.4 Å². The predicted octanol–water partition coefficient (Wildman–Crippen LogP) is 3.75. The van der Waals surface area contributed by atoms with E-state index in [4.69, 9.17) is 27.9 Å². The van der Waals surface area contributed by atoms with E-state index in [0.717, 1.165) is 5.69 Å². The number of carbonyl (C=O) groups is 2. The van der Waals surface area contributed by atoms with Gasteiger partial charge in [0.1, 0.15) is 5.52 Å². The third-order valence-corrected chi connectivity index (χ3v) is 4.85. The van der Waals surface area contributed by atoms with E-state index in [0.29, 0.717) is 20.8 Å². The summed E-state index contributed by atoms with van der Waals surface area (Å²) in [5.74, 6) is -0.683. The molecule has 0 radical (unpaired) electrons. The first kappa shape index (κ1) is 18.4. The number of aryl methyl sites for hydroxylation is 1. The van der Waals surface area contributed by atoms with Gasteiger partial charge >= 0.3 is 0 Å². The Hall–Kier alpha value is -2.35. The minimum Gasteiger partial charge on any atom is -0.480 e. The number of nitrogens with zero attached hydrogens (tertiary/aromatic N) is 1. The molecule has 0 saturated heterocycles.